The predicted octanol–water partition coefficient (Wildman–Crippen LogP) is 2.23. The zero-order chi connectivity index (χ0) is 15.1. The predicted molar refractivity (Wildman–Crippen MR) is 76.8 cm³/mol. The summed E-state index contributed by atoms with van der Waals surface area (Å²) in [7, 11) is 0. The molecule has 1 aliphatic rings. The minimum Gasteiger partial charge on any atom is -0.462 e. The highest BCUT2D eigenvalue weighted by Gasteiger charge is 2.27. The Hall–Kier alpha value is -2.37. The molecule has 1 aromatic carbocycles. The molecule has 110 valence electrons. The van der Waals surface area contributed by atoms with Crippen LogP contribution in [0.2, 0.25) is 0 Å². The lowest BCUT2D eigenvalue weighted by molar-refractivity contribution is 0.0524. The summed E-state index contributed by atoms with van der Waals surface area (Å²) in [6.07, 6.45) is 3.41. The van der Waals surface area contributed by atoms with Gasteiger partial charge < -0.3 is 15.0 Å². The maximum atomic E-state index is 13.7. The number of carbonyl (C=O) groups excluding carboxylic acids is 1. The number of ether oxygens (including phenoxy) is 1. The van der Waals surface area contributed by atoms with E-state index in [1.54, 1.807) is 6.92 Å². The first-order valence-corrected chi connectivity index (χ1v) is 6.84. The van der Waals surface area contributed by atoms with Crippen molar-refractivity contribution < 1.29 is 13.9 Å². The number of halogens is 1. The summed E-state index contributed by atoms with van der Waals surface area (Å²) in [4.78, 5) is 24.3. The average molecular weight is 290 g/mol. The third-order valence-electron chi connectivity index (χ3n) is 3.59. The molecule has 21 heavy (non-hydrogen) atoms. The maximum Gasteiger partial charge on any atom is 0.343 e. The molecule has 0 atom stereocenters. The van der Waals surface area contributed by atoms with Crippen LogP contribution < -0.4 is 11.2 Å². The number of fused-ring (bicyclic) bond motifs is 1. The maximum absolute atomic E-state index is 13.7. The highest BCUT2D eigenvalue weighted by Crippen LogP contribution is 2.37. The highest BCUT2D eigenvalue weighted by molar-refractivity contribution is 5.94. The molecule has 2 aromatic rings. The minimum atomic E-state index is -0.684. The standard InChI is InChI=1S/C15H15FN2O3/c1-2-21-15(20)10-7-18(8-3-4-8)13-6-12(17)11(16)5-9(13)14(10)19/h5-8H,2-4,17H2,1H3. The first kappa shape index (κ1) is 13.6. The Morgan fingerprint density at radius 2 is 2.19 bits per heavy atom. The van der Waals surface area contributed by atoms with E-state index in [4.69, 9.17) is 10.5 Å². The molecular weight excluding hydrogens is 275 g/mol. The van der Waals surface area contributed by atoms with E-state index in [0.717, 1.165) is 18.9 Å². The molecule has 0 spiro atoms. The van der Waals surface area contributed by atoms with Crippen LogP contribution in [-0.4, -0.2) is 17.1 Å². The quantitative estimate of drug-likeness (QED) is 0.695. The average Bonchev–Trinajstić information content (AvgIpc) is 3.26. The van der Waals surface area contributed by atoms with Crippen LogP contribution >= 0.6 is 0 Å². The van der Waals surface area contributed by atoms with E-state index in [9.17, 15) is 14.0 Å². The third-order valence-corrected chi connectivity index (χ3v) is 3.59. The lowest BCUT2D eigenvalue weighted by Crippen LogP contribution is -2.21. The SMILES string of the molecule is CCOC(=O)c1cn(C2CC2)c2cc(N)c(F)cc2c1=O. The lowest BCUT2D eigenvalue weighted by Gasteiger charge is -2.13. The molecule has 0 saturated heterocycles. The van der Waals surface area contributed by atoms with E-state index >= 15 is 0 Å². The molecule has 6 heteroatoms. The van der Waals surface area contributed by atoms with E-state index in [1.807, 2.05) is 4.57 Å². The van der Waals surface area contributed by atoms with Crippen LogP contribution in [0.1, 0.15) is 36.2 Å². The number of anilines is 1. The smallest absolute Gasteiger partial charge is 0.343 e. The van der Waals surface area contributed by atoms with Crippen molar-refractivity contribution in [2.75, 3.05) is 12.3 Å². The van der Waals surface area contributed by atoms with Crippen molar-refractivity contribution in [3.63, 3.8) is 0 Å². The van der Waals surface area contributed by atoms with E-state index in [2.05, 4.69) is 0 Å². The molecule has 0 radical (unpaired) electrons. The van der Waals surface area contributed by atoms with Crippen LogP contribution in [-0.2, 0) is 4.74 Å². The van der Waals surface area contributed by atoms with Crippen molar-refractivity contribution in [1.29, 1.82) is 0 Å². The number of rotatable bonds is 3. The second-order valence-corrected chi connectivity index (χ2v) is 5.12. The molecule has 1 aromatic heterocycles. The number of aromatic nitrogens is 1. The van der Waals surface area contributed by atoms with Gasteiger partial charge in [0.25, 0.3) is 0 Å². The normalized spacial score (nSPS) is 14.4. The molecule has 2 N–H and O–H groups in total. The Kier molecular flexibility index (Phi) is 3.16. The van der Waals surface area contributed by atoms with E-state index in [0.29, 0.717) is 5.52 Å². The molecular formula is C15H15FN2O3. The fourth-order valence-electron chi connectivity index (χ4n) is 2.39. The lowest BCUT2D eigenvalue weighted by atomic mass is 10.1. The van der Waals surface area contributed by atoms with Gasteiger partial charge in [0.1, 0.15) is 11.4 Å². The molecule has 1 heterocycles. The number of hydrogen-bond donors (Lipinski definition) is 1. The monoisotopic (exact) mass is 290 g/mol. The van der Waals surface area contributed by atoms with Gasteiger partial charge >= 0.3 is 5.97 Å². The number of nitrogens with two attached hydrogens (primary N) is 1. The second-order valence-electron chi connectivity index (χ2n) is 5.12. The second kappa shape index (κ2) is 4.87. The summed E-state index contributed by atoms with van der Waals surface area (Å²) in [5.41, 5.74) is 5.53. The van der Waals surface area contributed by atoms with Crippen LogP contribution in [0, 0.1) is 5.82 Å². The molecule has 0 unspecified atom stereocenters. The fraction of sp³-hybridized carbons (Fsp3) is 0.333. The molecule has 0 aliphatic heterocycles. The van der Waals surface area contributed by atoms with E-state index in [1.165, 1.54) is 12.3 Å². The number of carbonyl (C=O) groups is 1. The van der Waals surface area contributed by atoms with Gasteiger partial charge in [0.05, 0.1) is 17.8 Å². The van der Waals surface area contributed by atoms with Crippen molar-refractivity contribution in [2.45, 2.75) is 25.8 Å². The Morgan fingerprint density at radius 3 is 2.81 bits per heavy atom. The van der Waals surface area contributed by atoms with Crippen LogP contribution in [0.4, 0.5) is 10.1 Å². The Labute approximate surface area is 120 Å². The molecule has 0 bridgehead atoms. The van der Waals surface area contributed by atoms with Gasteiger partial charge in [-0.3, -0.25) is 4.79 Å². The number of nitrogens with zero attached hydrogens (tertiary/aromatic N) is 1. The van der Waals surface area contributed by atoms with Crippen LogP contribution in [0.25, 0.3) is 10.9 Å². The summed E-state index contributed by atoms with van der Waals surface area (Å²) in [5.74, 6) is -1.35. The van der Waals surface area contributed by atoms with Crippen molar-refractivity contribution in [2.24, 2.45) is 0 Å². The van der Waals surface area contributed by atoms with Crippen LogP contribution in [0.3, 0.4) is 0 Å². The molecule has 1 fully saturated rings. The first-order valence-electron chi connectivity index (χ1n) is 6.84. The number of hydrogen-bond acceptors (Lipinski definition) is 4. The summed E-state index contributed by atoms with van der Waals surface area (Å²) in [6, 6.07) is 2.75. The Bertz CT molecular complexity index is 794. The van der Waals surface area contributed by atoms with Crippen LogP contribution in [0.5, 0.6) is 0 Å². The zero-order valence-electron chi connectivity index (χ0n) is 11.6. The van der Waals surface area contributed by atoms with Crippen molar-refractivity contribution in [3.8, 4) is 0 Å². The zero-order valence-corrected chi connectivity index (χ0v) is 11.6. The minimum absolute atomic E-state index is 0.0137. The van der Waals surface area contributed by atoms with E-state index < -0.39 is 17.2 Å². The highest BCUT2D eigenvalue weighted by atomic mass is 19.1. The van der Waals surface area contributed by atoms with Gasteiger partial charge in [-0.1, -0.05) is 0 Å². The largest absolute Gasteiger partial charge is 0.462 e. The topological polar surface area (TPSA) is 74.3 Å². The molecule has 0 amide bonds. The summed E-state index contributed by atoms with van der Waals surface area (Å²) in [5, 5.41) is 0.152. The van der Waals surface area contributed by atoms with Crippen molar-refractivity contribution in [1.82, 2.24) is 4.57 Å². The number of pyridine rings is 1. The van der Waals surface area contributed by atoms with E-state index in [-0.39, 0.29) is 29.3 Å². The van der Waals surface area contributed by atoms with Gasteiger partial charge in [0.2, 0.25) is 5.43 Å². The van der Waals surface area contributed by atoms with Gasteiger partial charge in [0.15, 0.2) is 0 Å². The van der Waals surface area contributed by atoms with Crippen molar-refractivity contribution >= 4 is 22.6 Å². The molecule has 1 saturated carbocycles. The van der Waals surface area contributed by atoms with Gasteiger partial charge in [-0.25, -0.2) is 9.18 Å². The fourth-order valence-corrected chi connectivity index (χ4v) is 2.39. The van der Waals surface area contributed by atoms with Crippen LogP contribution in [0.15, 0.2) is 23.1 Å². The summed E-state index contributed by atoms with van der Waals surface area (Å²) >= 11 is 0. The first-order chi connectivity index (χ1) is 10.0. The van der Waals surface area contributed by atoms with Gasteiger partial charge in [-0.2, -0.15) is 0 Å². The van der Waals surface area contributed by atoms with Gasteiger partial charge in [0, 0.05) is 17.6 Å². The number of nitrogen functional groups attached to an aromatic ring is 1. The number of benzene rings is 1. The summed E-state index contributed by atoms with van der Waals surface area (Å²) in [6.45, 7) is 1.84. The Morgan fingerprint density at radius 1 is 1.48 bits per heavy atom. The van der Waals surface area contributed by atoms with Crippen molar-refractivity contribution in [3.05, 3.63) is 39.9 Å². The molecule has 5 nitrogen and oxygen atoms in total. The van der Waals surface area contributed by atoms with Gasteiger partial charge in [-0.05, 0) is 31.9 Å². The third kappa shape index (κ3) is 2.26. The molecule has 1 aliphatic carbocycles. The molecule has 3 rings (SSSR count). The number of esters is 1. The van der Waals surface area contributed by atoms with Gasteiger partial charge in [-0.15, -0.1) is 0 Å². The Balaban J connectivity index is 2.31. The summed E-state index contributed by atoms with van der Waals surface area (Å²) < 4.78 is 20.4.